The van der Waals surface area contributed by atoms with Crippen LogP contribution in [-0.4, -0.2) is 69.5 Å². The summed E-state index contributed by atoms with van der Waals surface area (Å²) in [6.45, 7) is 4.71. The van der Waals surface area contributed by atoms with Crippen molar-refractivity contribution in [2.24, 2.45) is 0 Å². The molecule has 0 aromatic carbocycles. The molecule has 0 bridgehead atoms. The minimum Gasteiger partial charge on any atom is -0.370 e. The molecule has 0 aliphatic carbocycles. The van der Waals surface area contributed by atoms with Crippen molar-refractivity contribution in [3.63, 3.8) is 0 Å². The van der Waals surface area contributed by atoms with Crippen LogP contribution in [0.5, 0.6) is 0 Å². The van der Waals surface area contributed by atoms with Crippen LogP contribution in [0.25, 0.3) is 0 Å². The molecule has 7 heteroatoms. The van der Waals surface area contributed by atoms with Crippen molar-refractivity contribution in [1.82, 2.24) is 24.8 Å². The van der Waals surface area contributed by atoms with Crippen molar-refractivity contribution < 1.29 is 9.53 Å². The topological polar surface area (TPSA) is 63.5 Å². The van der Waals surface area contributed by atoms with E-state index < -0.39 is 0 Å². The molecule has 2 saturated heterocycles. The van der Waals surface area contributed by atoms with Crippen LogP contribution >= 0.6 is 0 Å². The van der Waals surface area contributed by atoms with Gasteiger partial charge in [-0.15, -0.1) is 5.10 Å². The molecule has 2 fully saturated rings. The van der Waals surface area contributed by atoms with E-state index >= 15 is 0 Å². The van der Waals surface area contributed by atoms with Crippen LogP contribution in [0.2, 0.25) is 0 Å². The van der Waals surface area contributed by atoms with Crippen LogP contribution in [0.3, 0.4) is 0 Å². The molecule has 0 N–H and O–H groups in total. The van der Waals surface area contributed by atoms with Crippen molar-refractivity contribution in [1.29, 1.82) is 0 Å². The zero-order valence-electron chi connectivity index (χ0n) is 13.6. The SMILES string of the molecule is O=C(CN1CC[C@H]2OCc3cnnn3[C@H]2C1)N1CCCCCC1. The molecule has 7 nitrogen and oxygen atoms in total. The van der Waals surface area contributed by atoms with Crippen molar-refractivity contribution in [2.45, 2.75) is 50.9 Å². The number of fused-ring (bicyclic) bond motifs is 3. The average molecular weight is 319 g/mol. The van der Waals surface area contributed by atoms with E-state index in [0.29, 0.717) is 13.2 Å². The van der Waals surface area contributed by atoms with E-state index in [1.165, 1.54) is 12.8 Å². The summed E-state index contributed by atoms with van der Waals surface area (Å²) >= 11 is 0. The summed E-state index contributed by atoms with van der Waals surface area (Å²) < 4.78 is 7.93. The van der Waals surface area contributed by atoms with Crippen LogP contribution in [0.1, 0.15) is 43.8 Å². The zero-order chi connectivity index (χ0) is 15.6. The van der Waals surface area contributed by atoms with Gasteiger partial charge in [-0.05, 0) is 19.3 Å². The van der Waals surface area contributed by atoms with Gasteiger partial charge in [0.1, 0.15) is 0 Å². The number of hydrogen-bond acceptors (Lipinski definition) is 5. The molecule has 1 amide bonds. The molecule has 0 radical (unpaired) electrons. The second kappa shape index (κ2) is 6.57. The van der Waals surface area contributed by atoms with E-state index in [1.54, 1.807) is 6.20 Å². The normalized spacial score (nSPS) is 28.8. The van der Waals surface area contributed by atoms with Gasteiger partial charge in [0.2, 0.25) is 5.91 Å². The Morgan fingerprint density at radius 3 is 2.87 bits per heavy atom. The Balaban J connectivity index is 1.39. The zero-order valence-corrected chi connectivity index (χ0v) is 13.6. The van der Waals surface area contributed by atoms with Gasteiger partial charge < -0.3 is 9.64 Å². The average Bonchev–Trinajstić information content (AvgIpc) is 2.88. The highest BCUT2D eigenvalue weighted by Crippen LogP contribution is 2.29. The van der Waals surface area contributed by atoms with Crippen LogP contribution in [0.4, 0.5) is 0 Å². The van der Waals surface area contributed by atoms with E-state index in [-0.39, 0.29) is 18.1 Å². The van der Waals surface area contributed by atoms with Gasteiger partial charge in [0.15, 0.2) is 0 Å². The minimum atomic E-state index is 0.187. The molecule has 3 aliphatic heterocycles. The van der Waals surface area contributed by atoms with E-state index in [1.807, 2.05) is 4.68 Å². The lowest BCUT2D eigenvalue weighted by atomic mass is 10.0. The summed E-state index contributed by atoms with van der Waals surface area (Å²) in [5, 5.41) is 8.23. The Morgan fingerprint density at radius 1 is 1.22 bits per heavy atom. The number of piperidine rings is 1. The van der Waals surface area contributed by atoms with Gasteiger partial charge in [-0.2, -0.15) is 0 Å². The van der Waals surface area contributed by atoms with Crippen LogP contribution in [-0.2, 0) is 16.1 Å². The summed E-state index contributed by atoms with van der Waals surface area (Å²) in [6, 6.07) is 0.187. The maximum atomic E-state index is 12.6. The molecule has 2 atom stereocenters. The van der Waals surface area contributed by atoms with Crippen LogP contribution in [0.15, 0.2) is 6.20 Å². The molecule has 0 unspecified atom stereocenters. The summed E-state index contributed by atoms with van der Waals surface area (Å²) in [5.74, 6) is 0.279. The van der Waals surface area contributed by atoms with E-state index in [9.17, 15) is 4.79 Å². The lowest BCUT2D eigenvalue weighted by molar-refractivity contribution is -0.134. The Labute approximate surface area is 136 Å². The number of amides is 1. The van der Waals surface area contributed by atoms with Gasteiger partial charge in [0, 0.05) is 26.2 Å². The van der Waals surface area contributed by atoms with E-state index in [2.05, 4.69) is 20.1 Å². The summed E-state index contributed by atoms with van der Waals surface area (Å²) in [5.41, 5.74) is 1.03. The fourth-order valence-corrected chi connectivity index (χ4v) is 4.00. The number of nitrogens with zero attached hydrogens (tertiary/aromatic N) is 5. The number of carbonyl (C=O) groups excluding carboxylic acids is 1. The van der Waals surface area contributed by atoms with Gasteiger partial charge in [-0.3, -0.25) is 9.69 Å². The first-order valence-corrected chi connectivity index (χ1v) is 8.82. The maximum Gasteiger partial charge on any atom is 0.236 e. The predicted octanol–water partition coefficient (Wildman–Crippen LogP) is 0.826. The molecule has 1 aromatic rings. The third-order valence-electron chi connectivity index (χ3n) is 5.33. The predicted molar refractivity (Wildman–Crippen MR) is 83.7 cm³/mol. The van der Waals surface area contributed by atoms with Crippen molar-refractivity contribution in [3.05, 3.63) is 11.9 Å². The number of aromatic nitrogens is 3. The number of hydrogen-bond donors (Lipinski definition) is 0. The lowest BCUT2D eigenvalue weighted by Crippen LogP contribution is -2.51. The van der Waals surface area contributed by atoms with E-state index in [4.69, 9.17) is 4.74 Å². The quantitative estimate of drug-likeness (QED) is 0.808. The molecule has 1 aromatic heterocycles. The second-order valence-electron chi connectivity index (χ2n) is 6.91. The Morgan fingerprint density at radius 2 is 2.04 bits per heavy atom. The monoisotopic (exact) mass is 319 g/mol. The summed E-state index contributed by atoms with van der Waals surface area (Å²) in [6.07, 6.45) is 7.73. The maximum absolute atomic E-state index is 12.6. The first-order valence-electron chi connectivity index (χ1n) is 8.82. The number of carbonyl (C=O) groups is 1. The smallest absolute Gasteiger partial charge is 0.236 e. The van der Waals surface area contributed by atoms with Crippen molar-refractivity contribution in [3.8, 4) is 0 Å². The van der Waals surface area contributed by atoms with Gasteiger partial charge in [-0.25, -0.2) is 4.68 Å². The van der Waals surface area contributed by atoms with Crippen molar-refractivity contribution >= 4 is 5.91 Å². The Hall–Kier alpha value is -1.47. The molecule has 0 spiro atoms. The standard InChI is InChI=1S/C16H25N5O2/c22-16(20-6-3-1-2-4-7-20)11-19-8-5-15-14(10-19)21-13(12-23-15)9-17-18-21/h9,14-15H,1-8,10-12H2/t14-,15+/m0/s1. The van der Waals surface area contributed by atoms with Gasteiger partial charge in [0.05, 0.1) is 37.2 Å². The Kier molecular flexibility index (Phi) is 4.31. The highest BCUT2D eigenvalue weighted by molar-refractivity contribution is 5.78. The van der Waals surface area contributed by atoms with Gasteiger partial charge in [0.25, 0.3) is 0 Å². The molecule has 126 valence electrons. The molecule has 4 rings (SSSR count). The third-order valence-corrected chi connectivity index (χ3v) is 5.33. The molecular formula is C16H25N5O2. The van der Waals surface area contributed by atoms with Gasteiger partial charge >= 0.3 is 0 Å². The van der Waals surface area contributed by atoms with E-state index in [0.717, 1.165) is 51.1 Å². The molecule has 23 heavy (non-hydrogen) atoms. The lowest BCUT2D eigenvalue weighted by Gasteiger charge is -2.41. The first kappa shape index (κ1) is 15.1. The van der Waals surface area contributed by atoms with Crippen LogP contribution in [0, 0.1) is 0 Å². The largest absolute Gasteiger partial charge is 0.370 e. The fourth-order valence-electron chi connectivity index (χ4n) is 4.00. The highest BCUT2D eigenvalue weighted by Gasteiger charge is 2.37. The summed E-state index contributed by atoms with van der Waals surface area (Å²) in [4.78, 5) is 16.9. The number of rotatable bonds is 2. The van der Waals surface area contributed by atoms with Crippen LogP contribution < -0.4 is 0 Å². The fraction of sp³-hybridized carbons (Fsp3) is 0.812. The Bertz CT molecular complexity index is 552. The summed E-state index contributed by atoms with van der Waals surface area (Å²) in [7, 11) is 0. The van der Waals surface area contributed by atoms with Crippen molar-refractivity contribution in [2.75, 3.05) is 32.7 Å². The second-order valence-corrected chi connectivity index (χ2v) is 6.91. The van der Waals surface area contributed by atoms with Gasteiger partial charge in [-0.1, -0.05) is 18.1 Å². The third kappa shape index (κ3) is 3.12. The highest BCUT2D eigenvalue weighted by atomic mass is 16.5. The molecule has 0 saturated carbocycles. The minimum absolute atomic E-state index is 0.187. The number of ether oxygens (including phenoxy) is 1. The first-order chi connectivity index (χ1) is 11.3. The molecule has 4 heterocycles. The molecule has 3 aliphatic rings. The number of likely N-dealkylation sites (tertiary alicyclic amines) is 2. The molecular weight excluding hydrogens is 294 g/mol.